The SMILES string of the molecule is CCCN1c2cc(C)c(/C=N/Nc3ccc(C(=O)O)cc3)cc2C(C)=CC1(C)C. The molecule has 2 aromatic carbocycles. The Morgan fingerprint density at radius 1 is 1.21 bits per heavy atom. The maximum absolute atomic E-state index is 10.9. The van der Waals surface area contributed by atoms with Crippen LogP contribution in [0.15, 0.2) is 47.6 Å². The predicted molar refractivity (Wildman–Crippen MR) is 121 cm³/mol. The van der Waals surface area contributed by atoms with Crippen molar-refractivity contribution in [3.8, 4) is 0 Å². The van der Waals surface area contributed by atoms with Crippen molar-refractivity contribution in [1.82, 2.24) is 0 Å². The van der Waals surface area contributed by atoms with Crippen LogP contribution in [0.5, 0.6) is 0 Å². The number of carboxylic acid groups (broad SMARTS) is 1. The number of aryl methyl sites for hydroxylation is 1. The highest BCUT2D eigenvalue weighted by Crippen LogP contribution is 2.40. The maximum Gasteiger partial charge on any atom is 0.335 e. The molecule has 1 aliphatic heterocycles. The van der Waals surface area contributed by atoms with Crippen molar-refractivity contribution in [3.05, 3.63) is 64.7 Å². The van der Waals surface area contributed by atoms with Gasteiger partial charge in [0.05, 0.1) is 23.0 Å². The number of hydrogen-bond donors (Lipinski definition) is 2. The number of allylic oxidation sites excluding steroid dienone is 1. The van der Waals surface area contributed by atoms with Gasteiger partial charge >= 0.3 is 5.97 Å². The Labute approximate surface area is 172 Å². The molecule has 0 bridgehead atoms. The number of carboxylic acids is 1. The number of fused-ring (bicyclic) bond motifs is 1. The molecule has 0 aromatic heterocycles. The maximum atomic E-state index is 10.9. The van der Waals surface area contributed by atoms with Gasteiger partial charge in [-0.25, -0.2) is 4.79 Å². The Bertz CT molecular complexity index is 972. The molecular weight excluding hydrogens is 362 g/mol. The molecule has 0 radical (unpaired) electrons. The first kappa shape index (κ1) is 20.6. The minimum atomic E-state index is -0.937. The molecule has 1 heterocycles. The van der Waals surface area contributed by atoms with Gasteiger partial charge in [-0.05, 0) is 87.2 Å². The van der Waals surface area contributed by atoms with Crippen LogP contribution in [0.25, 0.3) is 5.57 Å². The molecule has 152 valence electrons. The summed E-state index contributed by atoms with van der Waals surface area (Å²) in [6.07, 6.45) is 5.25. The zero-order valence-electron chi connectivity index (χ0n) is 17.8. The number of benzene rings is 2. The van der Waals surface area contributed by atoms with Crippen molar-refractivity contribution >= 4 is 29.1 Å². The van der Waals surface area contributed by atoms with Gasteiger partial charge in [-0.3, -0.25) is 5.43 Å². The molecule has 5 heteroatoms. The lowest BCUT2D eigenvalue weighted by Crippen LogP contribution is -2.45. The van der Waals surface area contributed by atoms with E-state index in [9.17, 15) is 4.79 Å². The third kappa shape index (κ3) is 4.34. The van der Waals surface area contributed by atoms with E-state index in [0.717, 1.165) is 24.2 Å². The van der Waals surface area contributed by atoms with Crippen molar-refractivity contribution in [1.29, 1.82) is 0 Å². The lowest BCUT2D eigenvalue weighted by Gasteiger charge is -2.43. The van der Waals surface area contributed by atoms with Crippen molar-refractivity contribution in [3.63, 3.8) is 0 Å². The van der Waals surface area contributed by atoms with E-state index in [-0.39, 0.29) is 11.1 Å². The van der Waals surface area contributed by atoms with Gasteiger partial charge < -0.3 is 10.0 Å². The highest BCUT2D eigenvalue weighted by Gasteiger charge is 2.31. The van der Waals surface area contributed by atoms with Gasteiger partial charge in [-0.1, -0.05) is 13.0 Å². The van der Waals surface area contributed by atoms with Crippen LogP contribution < -0.4 is 10.3 Å². The second-order valence-electron chi connectivity index (χ2n) is 8.11. The van der Waals surface area contributed by atoms with Gasteiger partial charge in [0, 0.05) is 17.8 Å². The molecule has 0 amide bonds. The molecule has 0 fully saturated rings. The van der Waals surface area contributed by atoms with Crippen molar-refractivity contribution in [2.24, 2.45) is 5.10 Å². The third-order valence-corrected chi connectivity index (χ3v) is 5.34. The Morgan fingerprint density at radius 3 is 2.52 bits per heavy atom. The zero-order chi connectivity index (χ0) is 21.2. The van der Waals surface area contributed by atoms with E-state index in [1.54, 1.807) is 24.3 Å². The van der Waals surface area contributed by atoms with Crippen LogP contribution in [-0.2, 0) is 0 Å². The highest BCUT2D eigenvalue weighted by atomic mass is 16.4. The summed E-state index contributed by atoms with van der Waals surface area (Å²) >= 11 is 0. The molecule has 0 spiro atoms. The number of carbonyl (C=O) groups is 1. The largest absolute Gasteiger partial charge is 0.478 e. The van der Waals surface area contributed by atoms with Gasteiger partial charge in [-0.2, -0.15) is 5.10 Å². The second kappa shape index (κ2) is 8.11. The van der Waals surface area contributed by atoms with Crippen molar-refractivity contribution < 1.29 is 9.90 Å². The monoisotopic (exact) mass is 391 g/mol. The van der Waals surface area contributed by atoms with Gasteiger partial charge in [-0.15, -0.1) is 0 Å². The molecule has 0 unspecified atom stereocenters. The first-order valence-corrected chi connectivity index (χ1v) is 9.97. The van der Waals surface area contributed by atoms with E-state index in [4.69, 9.17) is 5.11 Å². The van der Waals surface area contributed by atoms with Crippen LogP contribution in [-0.4, -0.2) is 29.4 Å². The number of hydrogen-bond acceptors (Lipinski definition) is 4. The standard InChI is InChI=1S/C24H29N3O2/c1-6-11-27-22-12-16(2)19(13-21(22)17(3)14-24(27,4)5)15-25-26-20-9-7-18(8-10-20)23(28)29/h7-10,12-15,26H,6,11H2,1-5H3,(H,28,29)/b25-15+. The molecule has 3 rings (SSSR count). The van der Waals surface area contributed by atoms with Crippen LogP contribution in [0, 0.1) is 6.92 Å². The third-order valence-electron chi connectivity index (χ3n) is 5.34. The fourth-order valence-corrected chi connectivity index (χ4v) is 3.88. The predicted octanol–water partition coefficient (Wildman–Crippen LogP) is 5.55. The van der Waals surface area contributed by atoms with Crippen LogP contribution in [0.3, 0.4) is 0 Å². The van der Waals surface area contributed by atoms with Crippen LogP contribution in [0.4, 0.5) is 11.4 Å². The van der Waals surface area contributed by atoms with Gasteiger partial charge in [0.15, 0.2) is 0 Å². The summed E-state index contributed by atoms with van der Waals surface area (Å²) in [6.45, 7) is 12.0. The van der Waals surface area contributed by atoms with Crippen molar-refractivity contribution in [2.45, 2.75) is 46.6 Å². The normalized spacial score (nSPS) is 15.2. The van der Waals surface area contributed by atoms with E-state index in [1.807, 2.05) is 6.21 Å². The first-order valence-electron chi connectivity index (χ1n) is 9.97. The smallest absolute Gasteiger partial charge is 0.335 e. The molecule has 0 aliphatic carbocycles. The lowest BCUT2D eigenvalue weighted by molar-refractivity contribution is 0.0697. The quantitative estimate of drug-likeness (QED) is 0.500. The first-order chi connectivity index (χ1) is 13.7. The molecule has 2 N–H and O–H groups in total. The summed E-state index contributed by atoms with van der Waals surface area (Å²) < 4.78 is 0. The summed E-state index contributed by atoms with van der Waals surface area (Å²) in [7, 11) is 0. The summed E-state index contributed by atoms with van der Waals surface area (Å²) in [6, 6.07) is 11.0. The van der Waals surface area contributed by atoms with E-state index >= 15 is 0 Å². The van der Waals surface area contributed by atoms with Crippen molar-refractivity contribution in [2.75, 3.05) is 16.9 Å². The average molecular weight is 392 g/mol. The molecular formula is C24H29N3O2. The Balaban J connectivity index is 1.85. The number of nitrogens with one attached hydrogen (secondary N) is 1. The summed E-state index contributed by atoms with van der Waals surface area (Å²) in [5.41, 5.74) is 10.0. The summed E-state index contributed by atoms with van der Waals surface area (Å²) in [4.78, 5) is 13.4. The summed E-state index contributed by atoms with van der Waals surface area (Å²) in [5.74, 6) is -0.937. The average Bonchev–Trinajstić information content (AvgIpc) is 2.66. The van der Waals surface area contributed by atoms with Gasteiger partial charge in [0.1, 0.15) is 0 Å². The fraction of sp³-hybridized carbons (Fsp3) is 0.333. The van der Waals surface area contributed by atoms with E-state index in [0.29, 0.717) is 0 Å². The van der Waals surface area contributed by atoms with E-state index in [2.05, 4.69) is 68.3 Å². The molecule has 5 nitrogen and oxygen atoms in total. The number of hydrazone groups is 1. The molecule has 0 saturated heterocycles. The van der Waals surface area contributed by atoms with E-state index in [1.165, 1.54) is 22.4 Å². The number of nitrogens with zero attached hydrogens (tertiary/aromatic N) is 2. The van der Waals surface area contributed by atoms with Gasteiger partial charge in [0.2, 0.25) is 0 Å². The summed E-state index contributed by atoms with van der Waals surface area (Å²) in [5, 5.41) is 13.3. The lowest BCUT2D eigenvalue weighted by atomic mass is 9.87. The minimum Gasteiger partial charge on any atom is -0.478 e. The minimum absolute atomic E-state index is 0.00118. The molecule has 2 aromatic rings. The van der Waals surface area contributed by atoms with Crippen LogP contribution in [0.1, 0.15) is 61.2 Å². The number of aromatic carboxylic acids is 1. The fourth-order valence-electron chi connectivity index (χ4n) is 3.88. The Kier molecular flexibility index (Phi) is 5.78. The highest BCUT2D eigenvalue weighted by molar-refractivity contribution is 5.90. The van der Waals surface area contributed by atoms with Gasteiger partial charge in [0.25, 0.3) is 0 Å². The Hall–Kier alpha value is -3.08. The molecule has 1 aliphatic rings. The number of rotatable bonds is 6. The number of anilines is 2. The molecule has 0 saturated carbocycles. The molecule has 0 atom stereocenters. The Morgan fingerprint density at radius 2 is 1.90 bits per heavy atom. The van der Waals surface area contributed by atoms with Crippen LogP contribution >= 0.6 is 0 Å². The second-order valence-corrected chi connectivity index (χ2v) is 8.11. The topological polar surface area (TPSA) is 64.9 Å². The van der Waals surface area contributed by atoms with Crippen LogP contribution in [0.2, 0.25) is 0 Å². The van der Waals surface area contributed by atoms with E-state index < -0.39 is 5.97 Å². The zero-order valence-corrected chi connectivity index (χ0v) is 17.8. The molecule has 29 heavy (non-hydrogen) atoms.